The van der Waals surface area contributed by atoms with E-state index < -0.39 is 6.10 Å². The zero-order chi connectivity index (χ0) is 24.7. The van der Waals surface area contributed by atoms with E-state index in [1.165, 1.54) is 24.0 Å². The van der Waals surface area contributed by atoms with E-state index in [1.807, 2.05) is 12.1 Å². The van der Waals surface area contributed by atoms with Crippen molar-refractivity contribution in [2.75, 3.05) is 52.4 Å². The highest BCUT2D eigenvalue weighted by molar-refractivity contribution is 5.15. The van der Waals surface area contributed by atoms with Gasteiger partial charge in [0, 0.05) is 39.3 Å². The molecular formula is C29H46N4O2. The number of nitrogens with zero attached hydrogens (tertiary/aromatic N) is 2. The first-order valence-corrected chi connectivity index (χ1v) is 13.4. The third-order valence-electron chi connectivity index (χ3n) is 6.52. The Bertz CT molecular complexity index is 788. The first-order valence-electron chi connectivity index (χ1n) is 13.4. The molecule has 2 atom stereocenters. The van der Waals surface area contributed by atoms with Gasteiger partial charge in [-0.05, 0) is 62.5 Å². The van der Waals surface area contributed by atoms with Crippen LogP contribution in [-0.2, 0) is 13.1 Å². The summed E-state index contributed by atoms with van der Waals surface area (Å²) < 4.78 is 0. The summed E-state index contributed by atoms with van der Waals surface area (Å²) in [5.41, 5.74) is 2.54. The Kier molecular flexibility index (Phi) is 12.7. The molecule has 0 bridgehead atoms. The fraction of sp³-hybridized carbons (Fsp3) is 0.586. The standard InChI is InChI=1S/C29H46N4O2/c1-2-30-19-28(34)23-32(21-26-10-5-3-6-11-26)16-9-17-33(22-27-12-7-4-8-13-27)24-29(35)20-31-18-25-14-15-25/h3-8,10-13,25,28-31,34-35H,2,9,14-24H2,1H3/t28-,29-/m0/s1. The maximum absolute atomic E-state index is 10.7. The summed E-state index contributed by atoms with van der Waals surface area (Å²) in [7, 11) is 0. The zero-order valence-electron chi connectivity index (χ0n) is 21.5. The molecule has 4 N–H and O–H groups in total. The van der Waals surface area contributed by atoms with Crippen molar-refractivity contribution in [2.24, 2.45) is 5.92 Å². The van der Waals surface area contributed by atoms with E-state index in [-0.39, 0.29) is 6.10 Å². The molecular weight excluding hydrogens is 436 g/mol. The van der Waals surface area contributed by atoms with Crippen LogP contribution < -0.4 is 10.6 Å². The predicted octanol–water partition coefficient (Wildman–Crippen LogP) is 2.71. The summed E-state index contributed by atoms with van der Waals surface area (Å²) in [6, 6.07) is 21.0. The quantitative estimate of drug-likeness (QED) is 0.247. The van der Waals surface area contributed by atoms with Gasteiger partial charge in [0.25, 0.3) is 0 Å². The first kappa shape index (κ1) is 27.8. The van der Waals surface area contributed by atoms with Crippen molar-refractivity contribution in [1.82, 2.24) is 20.4 Å². The molecule has 1 aliphatic carbocycles. The molecule has 0 aromatic heterocycles. The molecule has 1 aliphatic rings. The lowest BCUT2D eigenvalue weighted by atomic mass is 10.1. The van der Waals surface area contributed by atoms with Crippen LogP contribution in [0.5, 0.6) is 0 Å². The average molecular weight is 483 g/mol. The van der Waals surface area contributed by atoms with Gasteiger partial charge in [-0.2, -0.15) is 0 Å². The summed E-state index contributed by atoms with van der Waals surface area (Å²) in [6.07, 6.45) is 2.87. The zero-order valence-corrected chi connectivity index (χ0v) is 21.5. The van der Waals surface area contributed by atoms with Gasteiger partial charge in [0.2, 0.25) is 0 Å². The molecule has 0 radical (unpaired) electrons. The molecule has 6 nitrogen and oxygen atoms in total. The number of nitrogens with one attached hydrogen (secondary N) is 2. The fourth-order valence-electron chi connectivity index (χ4n) is 4.48. The Hall–Kier alpha value is -1.80. The number of aliphatic hydroxyl groups is 2. The lowest BCUT2D eigenvalue weighted by Gasteiger charge is -2.29. The molecule has 6 heteroatoms. The average Bonchev–Trinajstić information content (AvgIpc) is 3.68. The van der Waals surface area contributed by atoms with Gasteiger partial charge in [0.15, 0.2) is 0 Å². The van der Waals surface area contributed by atoms with E-state index in [0.29, 0.717) is 26.2 Å². The third kappa shape index (κ3) is 12.1. The van der Waals surface area contributed by atoms with Crippen molar-refractivity contribution in [3.8, 4) is 0 Å². The summed E-state index contributed by atoms with van der Waals surface area (Å²) >= 11 is 0. The molecule has 1 fully saturated rings. The van der Waals surface area contributed by atoms with Crippen molar-refractivity contribution in [2.45, 2.75) is 51.5 Å². The van der Waals surface area contributed by atoms with E-state index in [4.69, 9.17) is 0 Å². The van der Waals surface area contributed by atoms with E-state index >= 15 is 0 Å². The Balaban J connectivity index is 1.52. The molecule has 0 aliphatic heterocycles. The van der Waals surface area contributed by atoms with Crippen LogP contribution >= 0.6 is 0 Å². The van der Waals surface area contributed by atoms with Gasteiger partial charge in [-0.25, -0.2) is 0 Å². The van der Waals surface area contributed by atoms with Gasteiger partial charge in [-0.1, -0.05) is 67.6 Å². The molecule has 1 saturated carbocycles. The minimum Gasteiger partial charge on any atom is -0.390 e. The van der Waals surface area contributed by atoms with Crippen LogP contribution in [0.2, 0.25) is 0 Å². The first-order chi connectivity index (χ1) is 17.1. The molecule has 0 saturated heterocycles. The van der Waals surface area contributed by atoms with Crippen LogP contribution in [0.15, 0.2) is 60.7 Å². The summed E-state index contributed by atoms with van der Waals surface area (Å²) in [4.78, 5) is 4.72. The van der Waals surface area contributed by atoms with Crippen LogP contribution in [0.25, 0.3) is 0 Å². The minimum atomic E-state index is -0.390. The lowest BCUT2D eigenvalue weighted by Crippen LogP contribution is -2.41. The topological polar surface area (TPSA) is 71.0 Å². The molecule has 3 rings (SSSR count). The largest absolute Gasteiger partial charge is 0.390 e. The second-order valence-corrected chi connectivity index (χ2v) is 10.0. The second-order valence-electron chi connectivity index (χ2n) is 10.0. The number of rotatable bonds is 19. The summed E-state index contributed by atoms with van der Waals surface area (Å²) in [6.45, 7) is 10.00. The molecule has 0 unspecified atom stereocenters. The molecule has 2 aromatic rings. The van der Waals surface area contributed by atoms with Gasteiger partial charge in [-0.15, -0.1) is 0 Å². The van der Waals surface area contributed by atoms with Crippen LogP contribution in [-0.4, -0.2) is 84.6 Å². The minimum absolute atomic E-state index is 0.375. The SMILES string of the molecule is CCNC[C@H](O)CN(CCCN(Cc1ccccc1)C[C@@H](O)CNCC1CC1)Cc1ccccc1. The van der Waals surface area contributed by atoms with Crippen LogP contribution in [0.3, 0.4) is 0 Å². The molecule has 2 aromatic carbocycles. The Morgan fingerprint density at radius 2 is 1.26 bits per heavy atom. The van der Waals surface area contributed by atoms with Crippen LogP contribution in [0, 0.1) is 5.92 Å². The number of benzene rings is 2. The maximum atomic E-state index is 10.7. The van der Waals surface area contributed by atoms with E-state index in [2.05, 4.69) is 75.9 Å². The van der Waals surface area contributed by atoms with Gasteiger partial charge >= 0.3 is 0 Å². The van der Waals surface area contributed by atoms with E-state index in [9.17, 15) is 10.2 Å². The van der Waals surface area contributed by atoms with Crippen molar-refractivity contribution in [3.05, 3.63) is 71.8 Å². The van der Waals surface area contributed by atoms with Gasteiger partial charge < -0.3 is 20.8 Å². The van der Waals surface area contributed by atoms with Crippen LogP contribution in [0.1, 0.15) is 37.3 Å². The third-order valence-corrected chi connectivity index (χ3v) is 6.52. The lowest BCUT2D eigenvalue weighted by molar-refractivity contribution is 0.0918. The molecule has 35 heavy (non-hydrogen) atoms. The smallest absolute Gasteiger partial charge is 0.0791 e. The molecule has 0 heterocycles. The van der Waals surface area contributed by atoms with E-state index in [1.54, 1.807) is 0 Å². The Morgan fingerprint density at radius 3 is 1.71 bits per heavy atom. The van der Waals surface area contributed by atoms with Crippen molar-refractivity contribution in [3.63, 3.8) is 0 Å². The predicted molar refractivity (Wildman–Crippen MR) is 144 cm³/mol. The molecule has 0 spiro atoms. The van der Waals surface area contributed by atoms with Crippen LogP contribution in [0.4, 0.5) is 0 Å². The highest BCUT2D eigenvalue weighted by atomic mass is 16.3. The van der Waals surface area contributed by atoms with Gasteiger partial charge in [0.05, 0.1) is 12.2 Å². The Morgan fingerprint density at radius 1 is 0.771 bits per heavy atom. The number of likely N-dealkylation sites (N-methyl/N-ethyl adjacent to an activating group) is 1. The van der Waals surface area contributed by atoms with Crippen molar-refractivity contribution in [1.29, 1.82) is 0 Å². The second kappa shape index (κ2) is 16.0. The highest BCUT2D eigenvalue weighted by Gasteiger charge is 2.21. The summed E-state index contributed by atoms with van der Waals surface area (Å²) in [5, 5.41) is 27.9. The maximum Gasteiger partial charge on any atom is 0.0791 e. The normalized spacial score (nSPS) is 15.6. The van der Waals surface area contributed by atoms with Crippen molar-refractivity contribution < 1.29 is 10.2 Å². The highest BCUT2D eigenvalue weighted by Crippen LogP contribution is 2.27. The molecule has 0 amide bonds. The fourth-order valence-corrected chi connectivity index (χ4v) is 4.48. The van der Waals surface area contributed by atoms with Gasteiger partial charge in [-0.3, -0.25) is 9.80 Å². The van der Waals surface area contributed by atoms with Crippen molar-refractivity contribution >= 4 is 0 Å². The van der Waals surface area contributed by atoms with Gasteiger partial charge in [0.1, 0.15) is 0 Å². The Labute approximate surface area is 212 Å². The number of aliphatic hydroxyl groups excluding tert-OH is 2. The van der Waals surface area contributed by atoms with E-state index in [0.717, 1.165) is 51.6 Å². The summed E-state index contributed by atoms with van der Waals surface area (Å²) in [5.74, 6) is 0.820. The number of hydrogen-bond donors (Lipinski definition) is 4. The number of hydrogen-bond acceptors (Lipinski definition) is 6. The molecule has 194 valence electrons. The monoisotopic (exact) mass is 482 g/mol.